The average Bonchev–Trinajstić information content (AvgIpc) is 3.03. The summed E-state index contributed by atoms with van der Waals surface area (Å²) in [6.45, 7) is 5.92. The molecule has 2 amide bonds. The van der Waals surface area contributed by atoms with Crippen molar-refractivity contribution in [2.75, 3.05) is 11.1 Å². The van der Waals surface area contributed by atoms with Crippen molar-refractivity contribution in [3.63, 3.8) is 0 Å². The summed E-state index contributed by atoms with van der Waals surface area (Å²) in [5, 5.41) is 16.0. The highest BCUT2D eigenvalue weighted by atomic mass is 32.2. The highest BCUT2D eigenvalue weighted by molar-refractivity contribution is 8.00. The molecule has 1 saturated heterocycles. The number of carboxylic acids is 1. The molecule has 2 unspecified atom stereocenters. The number of carbonyl (C=O) groups excluding carboxylic acids is 1. The first kappa shape index (κ1) is 15.7. The quantitative estimate of drug-likeness (QED) is 0.890. The second kappa shape index (κ2) is 6.38. The number of hydrogen-bond acceptors (Lipinski definition) is 4. The molecule has 2 N–H and O–H groups in total. The predicted octanol–water partition coefficient (Wildman–Crippen LogP) is 2.23. The predicted molar refractivity (Wildman–Crippen MR) is 81.4 cm³/mol. The van der Waals surface area contributed by atoms with Gasteiger partial charge >= 0.3 is 12.0 Å². The number of aromatic nitrogens is 2. The Morgan fingerprint density at radius 2 is 2.29 bits per heavy atom. The molecule has 0 radical (unpaired) electrons. The van der Waals surface area contributed by atoms with Crippen molar-refractivity contribution in [3.05, 3.63) is 12.4 Å². The van der Waals surface area contributed by atoms with Gasteiger partial charge in [-0.2, -0.15) is 5.10 Å². The van der Waals surface area contributed by atoms with Crippen LogP contribution in [0.15, 0.2) is 12.4 Å². The number of carbonyl (C=O) groups is 2. The van der Waals surface area contributed by atoms with Crippen LogP contribution < -0.4 is 5.32 Å². The lowest BCUT2D eigenvalue weighted by Gasteiger charge is -2.26. The molecule has 0 aliphatic carbocycles. The number of rotatable bonds is 4. The van der Waals surface area contributed by atoms with Crippen LogP contribution >= 0.6 is 11.8 Å². The summed E-state index contributed by atoms with van der Waals surface area (Å²) in [5.41, 5.74) is 0.574. The maximum absolute atomic E-state index is 12.4. The molecule has 2 heterocycles. The SMILES string of the molecule is CCC1SCC(C(=O)O)N1C(=O)Nc1cnn(C(C)C)c1. The topological polar surface area (TPSA) is 87.5 Å². The first-order chi connectivity index (χ1) is 9.93. The van der Waals surface area contributed by atoms with Crippen LogP contribution in [0.4, 0.5) is 10.5 Å². The zero-order valence-electron chi connectivity index (χ0n) is 12.3. The molecular formula is C13H20N4O3S. The second-order valence-electron chi connectivity index (χ2n) is 5.19. The highest BCUT2D eigenvalue weighted by Crippen LogP contribution is 2.31. The van der Waals surface area contributed by atoms with E-state index in [0.717, 1.165) is 0 Å². The number of nitrogens with one attached hydrogen (secondary N) is 1. The first-order valence-corrected chi connectivity index (χ1v) is 7.96. The first-order valence-electron chi connectivity index (χ1n) is 6.92. The lowest BCUT2D eigenvalue weighted by Crippen LogP contribution is -2.47. The maximum Gasteiger partial charge on any atom is 0.327 e. The maximum atomic E-state index is 12.4. The molecule has 1 fully saturated rings. The molecule has 116 valence electrons. The van der Waals surface area contributed by atoms with E-state index in [1.54, 1.807) is 17.1 Å². The number of carboxylic acid groups (broad SMARTS) is 1. The average molecular weight is 312 g/mol. The number of thioether (sulfide) groups is 1. The van der Waals surface area contributed by atoms with Crippen LogP contribution in [0.1, 0.15) is 33.2 Å². The van der Waals surface area contributed by atoms with Crippen molar-refractivity contribution in [2.24, 2.45) is 0 Å². The van der Waals surface area contributed by atoms with Crippen molar-refractivity contribution in [3.8, 4) is 0 Å². The number of urea groups is 1. The van der Waals surface area contributed by atoms with Gasteiger partial charge in [0.1, 0.15) is 6.04 Å². The summed E-state index contributed by atoms with van der Waals surface area (Å²) in [5.74, 6) is -0.543. The molecule has 1 aromatic rings. The number of aliphatic carboxylic acids is 1. The molecule has 0 bridgehead atoms. The molecular weight excluding hydrogens is 292 g/mol. The Balaban J connectivity index is 2.11. The molecule has 1 aromatic heterocycles. The lowest BCUT2D eigenvalue weighted by atomic mass is 10.3. The van der Waals surface area contributed by atoms with Crippen molar-refractivity contribution >= 4 is 29.4 Å². The van der Waals surface area contributed by atoms with Gasteiger partial charge in [-0.3, -0.25) is 9.58 Å². The monoisotopic (exact) mass is 312 g/mol. The van der Waals surface area contributed by atoms with E-state index in [9.17, 15) is 14.7 Å². The largest absolute Gasteiger partial charge is 0.480 e. The van der Waals surface area contributed by atoms with E-state index < -0.39 is 12.0 Å². The molecule has 7 nitrogen and oxygen atoms in total. The summed E-state index contributed by atoms with van der Waals surface area (Å²) in [6, 6.07) is -0.962. The van der Waals surface area contributed by atoms with Crippen molar-refractivity contribution in [1.29, 1.82) is 0 Å². The van der Waals surface area contributed by atoms with E-state index in [1.165, 1.54) is 16.7 Å². The fraction of sp³-hybridized carbons (Fsp3) is 0.615. The fourth-order valence-corrected chi connectivity index (χ4v) is 3.56. The van der Waals surface area contributed by atoms with E-state index >= 15 is 0 Å². The molecule has 1 aliphatic heterocycles. The minimum atomic E-state index is -0.966. The van der Waals surface area contributed by atoms with Crippen molar-refractivity contribution < 1.29 is 14.7 Å². The van der Waals surface area contributed by atoms with Crippen LogP contribution in [0.5, 0.6) is 0 Å². The molecule has 1 aliphatic rings. The van der Waals surface area contributed by atoms with Gasteiger partial charge in [0.2, 0.25) is 0 Å². The highest BCUT2D eigenvalue weighted by Gasteiger charge is 2.40. The summed E-state index contributed by atoms with van der Waals surface area (Å²) >= 11 is 1.50. The van der Waals surface area contributed by atoms with Gasteiger partial charge in [-0.05, 0) is 20.3 Å². The molecule has 0 saturated carbocycles. The number of amides is 2. The molecule has 21 heavy (non-hydrogen) atoms. The van der Waals surface area contributed by atoms with E-state index in [0.29, 0.717) is 17.9 Å². The molecule has 2 atom stereocenters. The van der Waals surface area contributed by atoms with E-state index in [2.05, 4.69) is 10.4 Å². The third-order valence-corrected chi connectivity index (χ3v) is 4.80. The molecule has 2 rings (SSSR count). The van der Waals surface area contributed by atoms with Gasteiger partial charge in [0.25, 0.3) is 0 Å². The standard InChI is InChI=1S/C13H20N4O3S/c1-4-11-17(10(7-21-11)12(18)19)13(20)15-9-5-14-16(6-9)8(2)3/h5-6,8,10-11H,4,7H2,1-3H3,(H,15,20)(H,18,19). The molecule has 0 aromatic carbocycles. The van der Waals surface area contributed by atoms with Gasteiger partial charge in [-0.25, -0.2) is 9.59 Å². The van der Waals surface area contributed by atoms with E-state index in [1.807, 2.05) is 20.8 Å². The third-order valence-electron chi connectivity index (χ3n) is 3.34. The second-order valence-corrected chi connectivity index (χ2v) is 6.40. The van der Waals surface area contributed by atoms with Gasteiger partial charge in [-0.15, -0.1) is 11.8 Å². The Kier molecular flexibility index (Phi) is 4.76. The summed E-state index contributed by atoms with van der Waals surface area (Å²) < 4.78 is 1.74. The summed E-state index contributed by atoms with van der Waals surface area (Å²) in [4.78, 5) is 25.1. The summed E-state index contributed by atoms with van der Waals surface area (Å²) in [6.07, 6.45) is 4.02. The molecule has 0 spiro atoms. The Morgan fingerprint density at radius 3 is 2.81 bits per heavy atom. The number of anilines is 1. The lowest BCUT2D eigenvalue weighted by molar-refractivity contribution is -0.141. The summed E-state index contributed by atoms with van der Waals surface area (Å²) in [7, 11) is 0. The fourth-order valence-electron chi connectivity index (χ4n) is 2.21. The minimum absolute atomic E-state index is 0.105. The van der Waals surface area contributed by atoms with Gasteiger partial charge in [0.15, 0.2) is 0 Å². The number of hydrogen-bond donors (Lipinski definition) is 2. The zero-order chi connectivity index (χ0) is 15.6. The van der Waals surface area contributed by atoms with E-state index in [4.69, 9.17) is 0 Å². The Hall–Kier alpha value is -1.70. The van der Waals surface area contributed by atoms with Crippen LogP contribution in [0, 0.1) is 0 Å². The minimum Gasteiger partial charge on any atom is -0.480 e. The van der Waals surface area contributed by atoms with Crippen LogP contribution in [-0.4, -0.2) is 49.0 Å². The smallest absolute Gasteiger partial charge is 0.327 e. The van der Waals surface area contributed by atoms with Crippen LogP contribution in [-0.2, 0) is 4.79 Å². The van der Waals surface area contributed by atoms with Gasteiger partial charge < -0.3 is 10.4 Å². The Morgan fingerprint density at radius 1 is 1.57 bits per heavy atom. The van der Waals surface area contributed by atoms with Crippen LogP contribution in [0.25, 0.3) is 0 Å². The Bertz CT molecular complexity index is 531. The number of nitrogens with zero attached hydrogens (tertiary/aromatic N) is 3. The normalized spacial score (nSPS) is 21.8. The molecule has 8 heteroatoms. The van der Waals surface area contributed by atoms with E-state index in [-0.39, 0.29) is 17.4 Å². The van der Waals surface area contributed by atoms with Crippen LogP contribution in [0.3, 0.4) is 0 Å². The van der Waals surface area contributed by atoms with Crippen molar-refractivity contribution in [1.82, 2.24) is 14.7 Å². The third kappa shape index (κ3) is 3.31. The van der Waals surface area contributed by atoms with Gasteiger partial charge in [0.05, 0.1) is 17.3 Å². The van der Waals surface area contributed by atoms with Crippen LogP contribution in [0.2, 0.25) is 0 Å². The van der Waals surface area contributed by atoms with Crippen molar-refractivity contribution in [2.45, 2.75) is 44.6 Å². The van der Waals surface area contributed by atoms with Gasteiger partial charge in [0, 0.05) is 18.0 Å². The Labute approximate surface area is 127 Å². The zero-order valence-corrected chi connectivity index (χ0v) is 13.1. The van der Waals surface area contributed by atoms with Gasteiger partial charge in [-0.1, -0.05) is 6.92 Å².